The molecule has 0 rings (SSSR count). The SMILES string of the molecule is COC(OC)([PH+]=O)C(N)(C(=O)O)C(OC)(OC)[PH+]=O. The van der Waals surface area contributed by atoms with Crippen LogP contribution in [0.15, 0.2) is 0 Å². The van der Waals surface area contributed by atoms with Gasteiger partial charge in [0, 0.05) is 28.4 Å². The smallest absolute Gasteiger partial charge is 0.412 e. The lowest BCUT2D eigenvalue weighted by atomic mass is 9.98. The van der Waals surface area contributed by atoms with Crippen molar-refractivity contribution in [1.29, 1.82) is 0 Å². The quantitative estimate of drug-likeness (QED) is 0.434. The van der Waals surface area contributed by atoms with E-state index in [9.17, 15) is 19.0 Å². The summed E-state index contributed by atoms with van der Waals surface area (Å²) in [6, 6.07) is 0. The highest BCUT2D eigenvalue weighted by atomic mass is 31.1. The van der Waals surface area contributed by atoms with Crippen molar-refractivity contribution >= 4 is 22.9 Å². The van der Waals surface area contributed by atoms with Gasteiger partial charge >= 0.3 is 39.5 Å². The summed E-state index contributed by atoms with van der Waals surface area (Å²) < 4.78 is 42.2. The molecule has 9 nitrogen and oxygen atoms in total. The van der Waals surface area contributed by atoms with Crippen LogP contribution < -0.4 is 5.73 Å². The van der Waals surface area contributed by atoms with Crippen molar-refractivity contribution in [3.05, 3.63) is 0 Å². The number of nitrogens with two attached hydrogens (primary N) is 1. The third-order valence-electron chi connectivity index (χ3n) is 2.79. The number of methoxy groups -OCH3 is 4. The first-order chi connectivity index (χ1) is 8.81. The van der Waals surface area contributed by atoms with Crippen LogP contribution in [0.1, 0.15) is 0 Å². The van der Waals surface area contributed by atoms with Crippen LogP contribution in [0, 0.1) is 0 Å². The van der Waals surface area contributed by atoms with Gasteiger partial charge in [0.15, 0.2) is 0 Å². The van der Waals surface area contributed by atoms with Crippen molar-refractivity contribution in [3.63, 3.8) is 0 Å². The Kier molecular flexibility index (Phi) is 6.57. The molecule has 2 unspecified atom stereocenters. The number of ether oxygens (including phenoxy) is 4. The van der Waals surface area contributed by atoms with Gasteiger partial charge in [-0.15, -0.1) is 0 Å². The van der Waals surface area contributed by atoms with Crippen LogP contribution in [0.2, 0.25) is 0 Å². The second-order valence-electron chi connectivity index (χ2n) is 3.37. The third-order valence-corrected chi connectivity index (χ3v) is 4.94. The number of hydrogen-bond donors (Lipinski definition) is 2. The van der Waals surface area contributed by atoms with Crippen LogP contribution in [0.4, 0.5) is 0 Å². The number of hydrogen-bond acceptors (Lipinski definition) is 8. The van der Waals surface area contributed by atoms with Gasteiger partial charge in [-0.25, -0.2) is 4.79 Å². The standard InChI is InChI=1S/C8H15NO8P2/c1-14-7(15-2,18-12)6(9,5(10)11)8(16-3,17-4)19-13/h9H2,1-4H3,(H,10,11)/p+2. The molecule has 0 saturated carbocycles. The Labute approximate surface area is 112 Å². The summed E-state index contributed by atoms with van der Waals surface area (Å²) in [4.78, 5) is 11.6. The van der Waals surface area contributed by atoms with E-state index in [1.807, 2.05) is 0 Å². The zero-order valence-electron chi connectivity index (χ0n) is 10.9. The Morgan fingerprint density at radius 3 is 1.32 bits per heavy atom. The molecule has 0 aromatic rings. The molecule has 0 saturated heterocycles. The van der Waals surface area contributed by atoms with E-state index < -0.39 is 39.5 Å². The lowest BCUT2D eigenvalue weighted by Crippen LogP contribution is -2.75. The summed E-state index contributed by atoms with van der Waals surface area (Å²) in [5.41, 5.74) is -1.48. The van der Waals surface area contributed by atoms with E-state index in [1.165, 1.54) is 0 Å². The van der Waals surface area contributed by atoms with Gasteiger partial charge in [0.1, 0.15) is 0 Å². The maximum atomic E-state index is 11.6. The summed E-state index contributed by atoms with van der Waals surface area (Å²) in [6.07, 6.45) is 0. The first-order valence-electron chi connectivity index (χ1n) is 4.82. The molecule has 11 heteroatoms. The topological polar surface area (TPSA) is 134 Å². The third kappa shape index (κ3) is 2.43. The number of carboxylic acid groups (broad SMARTS) is 1. The molecule has 0 aliphatic rings. The van der Waals surface area contributed by atoms with Gasteiger partial charge in [0.05, 0.1) is 0 Å². The van der Waals surface area contributed by atoms with E-state index >= 15 is 0 Å². The Bertz CT molecular complexity index is 331. The average molecular weight is 317 g/mol. The van der Waals surface area contributed by atoms with Crippen LogP contribution in [0.5, 0.6) is 0 Å². The highest BCUT2D eigenvalue weighted by molar-refractivity contribution is 7.27. The minimum absolute atomic E-state index is 1.04. The second kappa shape index (κ2) is 6.76. The van der Waals surface area contributed by atoms with Crippen molar-refractivity contribution in [3.8, 4) is 0 Å². The van der Waals surface area contributed by atoms with Crippen molar-refractivity contribution in [2.45, 2.75) is 16.6 Å². The molecule has 110 valence electrons. The first-order valence-corrected chi connectivity index (χ1v) is 6.64. The maximum absolute atomic E-state index is 11.6. The van der Waals surface area contributed by atoms with Crippen molar-refractivity contribution in [1.82, 2.24) is 0 Å². The summed E-state index contributed by atoms with van der Waals surface area (Å²) in [5.74, 6) is -1.72. The molecule has 0 radical (unpaired) electrons. The van der Waals surface area contributed by atoms with E-state index in [2.05, 4.69) is 0 Å². The second-order valence-corrected chi connectivity index (χ2v) is 5.09. The van der Waals surface area contributed by atoms with Gasteiger partial charge in [-0.3, -0.25) is 5.73 Å². The normalized spacial score (nSPS) is 16.5. The molecule has 0 amide bonds. The Morgan fingerprint density at radius 2 is 1.21 bits per heavy atom. The fourth-order valence-electron chi connectivity index (χ4n) is 1.64. The predicted molar refractivity (Wildman–Crippen MR) is 66.1 cm³/mol. The molecule has 19 heavy (non-hydrogen) atoms. The van der Waals surface area contributed by atoms with Crippen LogP contribution in [0.25, 0.3) is 0 Å². The number of carboxylic acids is 1. The molecule has 0 aromatic carbocycles. The number of aliphatic carboxylic acids is 1. The number of rotatable bonds is 9. The Balaban J connectivity index is 6.35. The average Bonchev–Trinajstić information content (AvgIpc) is 2.43. The lowest BCUT2D eigenvalue weighted by Gasteiger charge is -2.37. The molecule has 0 bridgehead atoms. The largest absolute Gasteiger partial charge is 0.479 e. The van der Waals surface area contributed by atoms with Gasteiger partial charge in [-0.1, -0.05) is 9.13 Å². The molecular weight excluding hydrogens is 300 g/mol. The van der Waals surface area contributed by atoms with Gasteiger partial charge < -0.3 is 24.1 Å². The fourth-order valence-corrected chi connectivity index (χ4v) is 2.96. The van der Waals surface area contributed by atoms with E-state index in [1.54, 1.807) is 0 Å². The van der Waals surface area contributed by atoms with E-state index in [4.69, 9.17) is 24.7 Å². The summed E-state index contributed by atoms with van der Waals surface area (Å²) in [7, 11) is 1.28. The molecule has 3 N–H and O–H groups in total. The molecule has 0 fully saturated rings. The zero-order chi connectivity index (χ0) is 15.3. The van der Waals surface area contributed by atoms with Crippen LogP contribution in [0.3, 0.4) is 0 Å². The molecule has 2 atom stereocenters. The number of carbonyl (C=O) groups is 1. The van der Waals surface area contributed by atoms with Crippen LogP contribution >= 0.6 is 16.9 Å². The van der Waals surface area contributed by atoms with E-state index in [-0.39, 0.29) is 0 Å². The minimum atomic E-state index is -2.65. The highest BCUT2D eigenvalue weighted by Crippen LogP contribution is 2.48. The molecule has 0 aliphatic heterocycles. The highest BCUT2D eigenvalue weighted by Gasteiger charge is 2.81. The molecule has 0 spiro atoms. The van der Waals surface area contributed by atoms with Crippen molar-refractivity contribution < 1.29 is 38.0 Å². The van der Waals surface area contributed by atoms with Crippen LogP contribution in [-0.4, -0.2) is 56.1 Å². The molecule has 0 heterocycles. The van der Waals surface area contributed by atoms with Gasteiger partial charge in [-0.05, 0) is 0 Å². The summed E-state index contributed by atoms with van der Waals surface area (Å²) >= 11 is 0. The summed E-state index contributed by atoms with van der Waals surface area (Å²) in [5, 5.41) is 9.38. The van der Waals surface area contributed by atoms with Gasteiger partial charge in [0.2, 0.25) is 0 Å². The minimum Gasteiger partial charge on any atom is -0.479 e. The predicted octanol–water partition coefficient (Wildman–Crippen LogP) is -0.290. The van der Waals surface area contributed by atoms with Crippen molar-refractivity contribution in [2.75, 3.05) is 28.4 Å². The zero-order valence-corrected chi connectivity index (χ0v) is 12.9. The van der Waals surface area contributed by atoms with Crippen molar-refractivity contribution in [2.24, 2.45) is 5.73 Å². The maximum Gasteiger partial charge on any atom is 0.412 e. The van der Waals surface area contributed by atoms with Gasteiger partial charge in [-0.2, -0.15) is 0 Å². The van der Waals surface area contributed by atoms with Crippen LogP contribution in [-0.2, 0) is 32.9 Å². The lowest BCUT2D eigenvalue weighted by molar-refractivity contribution is -0.270. The summed E-state index contributed by atoms with van der Waals surface area (Å²) in [6.45, 7) is 0. The van der Waals surface area contributed by atoms with E-state index in [0.717, 1.165) is 28.4 Å². The van der Waals surface area contributed by atoms with Gasteiger partial charge in [0.25, 0.3) is 0 Å². The Morgan fingerprint density at radius 1 is 0.947 bits per heavy atom. The first kappa shape index (κ1) is 18.5. The van der Waals surface area contributed by atoms with E-state index in [0.29, 0.717) is 0 Å². The molecule has 0 aliphatic carbocycles. The molecular formula is C8H17NO8P2+2. The monoisotopic (exact) mass is 317 g/mol. The molecule has 0 aromatic heterocycles. The Hall–Kier alpha value is -0.530. The fraction of sp³-hybridized carbons (Fsp3) is 0.875.